The van der Waals surface area contributed by atoms with Crippen LogP contribution in [0.2, 0.25) is 0 Å². The normalized spacial score (nSPS) is 10.2. The fourth-order valence-corrected chi connectivity index (χ4v) is 1.49. The molecular formula is C12H14N4O. The van der Waals surface area contributed by atoms with Crippen LogP contribution in [0.5, 0.6) is 0 Å². The topological polar surface area (TPSA) is 70.7 Å². The molecule has 0 atom stereocenters. The molecule has 2 rings (SSSR count). The monoisotopic (exact) mass is 230 g/mol. The van der Waals surface area contributed by atoms with Crippen molar-refractivity contribution in [2.45, 2.75) is 13.3 Å². The first kappa shape index (κ1) is 11.3. The van der Waals surface area contributed by atoms with E-state index >= 15 is 0 Å². The molecule has 0 bridgehead atoms. The van der Waals surface area contributed by atoms with Crippen molar-refractivity contribution >= 4 is 5.91 Å². The first-order chi connectivity index (χ1) is 8.25. The Morgan fingerprint density at radius 2 is 2.35 bits per heavy atom. The second-order valence-electron chi connectivity index (χ2n) is 3.71. The minimum Gasteiger partial charge on any atom is -0.350 e. The Bertz CT molecular complexity index is 493. The van der Waals surface area contributed by atoms with Gasteiger partial charge in [-0.3, -0.25) is 4.79 Å². The van der Waals surface area contributed by atoms with E-state index in [1.807, 2.05) is 19.1 Å². The van der Waals surface area contributed by atoms with Crippen LogP contribution in [-0.2, 0) is 6.42 Å². The van der Waals surface area contributed by atoms with Crippen molar-refractivity contribution in [2.24, 2.45) is 0 Å². The van der Waals surface area contributed by atoms with Crippen LogP contribution in [0.25, 0.3) is 0 Å². The number of hydrogen-bond donors (Lipinski definition) is 2. The molecule has 0 aromatic carbocycles. The number of rotatable bonds is 4. The predicted octanol–water partition coefficient (Wildman–Crippen LogP) is 1.09. The number of carbonyl (C=O) groups excluding carboxylic acids is 1. The molecule has 17 heavy (non-hydrogen) atoms. The molecule has 0 aliphatic heterocycles. The summed E-state index contributed by atoms with van der Waals surface area (Å²) >= 11 is 0. The molecule has 0 spiro atoms. The van der Waals surface area contributed by atoms with E-state index in [4.69, 9.17) is 0 Å². The molecule has 2 aromatic heterocycles. The maximum Gasteiger partial charge on any atom is 0.269 e. The van der Waals surface area contributed by atoms with Gasteiger partial charge in [-0.1, -0.05) is 6.07 Å². The van der Waals surface area contributed by atoms with Gasteiger partial charge in [-0.25, -0.2) is 9.97 Å². The van der Waals surface area contributed by atoms with Crippen molar-refractivity contribution in [3.8, 4) is 0 Å². The first-order valence-corrected chi connectivity index (χ1v) is 5.46. The van der Waals surface area contributed by atoms with Crippen LogP contribution in [0.1, 0.15) is 22.0 Å². The molecule has 88 valence electrons. The number of aromatic nitrogens is 3. The lowest BCUT2D eigenvalue weighted by molar-refractivity contribution is 0.0949. The average Bonchev–Trinajstić information content (AvgIpc) is 2.82. The van der Waals surface area contributed by atoms with Crippen LogP contribution in [0.3, 0.4) is 0 Å². The number of nitrogens with zero attached hydrogens (tertiary/aromatic N) is 2. The maximum absolute atomic E-state index is 11.7. The Kier molecular flexibility index (Phi) is 3.49. The van der Waals surface area contributed by atoms with Gasteiger partial charge in [0, 0.05) is 31.1 Å². The van der Waals surface area contributed by atoms with Gasteiger partial charge in [-0.05, 0) is 19.1 Å². The molecule has 5 nitrogen and oxygen atoms in total. The summed E-state index contributed by atoms with van der Waals surface area (Å²) < 4.78 is 0. The lowest BCUT2D eigenvalue weighted by Gasteiger charge is -2.03. The number of aromatic amines is 1. The van der Waals surface area contributed by atoms with Gasteiger partial charge in [-0.2, -0.15) is 0 Å². The molecule has 0 aliphatic rings. The third-order valence-corrected chi connectivity index (χ3v) is 2.32. The van der Waals surface area contributed by atoms with E-state index < -0.39 is 0 Å². The molecule has 2 N–H and O–H groups in total. The third-order valence-electron chi connectivity index (χ3n) is 2.32. The summed E-state index contributed by atoms with van der Waals surface area (Å²) in [6, 6.07) is 5.39. The van der Waals surface area contributed by atoms with Gasteiger partial charge in [0.1, 0.15) is 11.5 Å². The second-order valence-corrected chi connectivity index (χ2v) is 3.71. The molecule has 0 saturated carbocycles. The Hall–Kier alpha value is -2.17. The predicted molar refractivity (Wildman–Crippen MR) is 63.6 cm³/mol. The zero-order valence-electron chi connectivity index (χ0n) is 9.60. The summed E-state index contributed by atoms with van der Waals surface area (Å²) in [6.45, 7) is 2.40. The summed E-state index contributed by atoms with van der Waals surface area (Å²) in [6.07, 6.45) is 4.14. The first-order valence-electron chi connectivity index (χ1n) is 5.46. The SMILES string of the molecule is Cc1cccc(C(=O)NCCc2ncc[nH]2)n1. The van der Waals surface area contributed by atoms with E-state index in [0.717, 1.165) is 11.5 Å². The standard InChI is InChI=1S/C12H14N4O/c1-9-3-2-4-10(16-9)12(17)15-6-5-11-13-7-8-14-11/h2-4,7-8H,5-6H2,1H3,(H,13,14)(H,15,17). The molecule has 0 fully saturated rings. The number of hydrogen-bond acceptors (Lipinski definition) is 3. The summed E-state index contributed by atoms with van der Waals surface area (Å²) in [5, 5.41) is 2.80. The van der Waals surface area contributed by atoms with E-state index in [1.165, 1.54) is 0 Å². The average molecular weight is 230 g/mol. The second kappa shape index (κ2) is 5.25. The van der Waals surface area contributed by atoms with E-state index in [-0.39, 0.29) is 5.91 Å². The van der Waals surface area contributed by atoms with Crippen LogP contribution >= 0.6 is 0 Å². The van der Waals surface area contributed by atoms with Gasteiger partial charge in [-0.15, -0.1) is 0 Å². The van der Waals surface area contributed by atoms with Crippen molar-refractivity contribution in [3.05, 3.63) is 47.8 Å². The van der Waals surface area contributed by atoms with Crippen LogP contribution in [-0.4, -0.2) is 27.4 Å². The molecule has 0 saturated heterocycles. The zero-order chi connectivity index (χ0) is 12.1. The minimum absolute atomic E-state index is 0.153. The Morgan fingerprint density at radius 1 is 1.47 bits per heavy atom. The number of H-pyrrole nitrogens is 1. The van der Waals surface area contributed by atoms with Gasteiger partial charge >= 0.3 is 0 Å². The number of amides is 1. The van der Waals surface area contributed by atoms with E-state index in [0.29, 0.717) is 18.7 Å². The maximum atomic E-state index is 11.7. The van der Waals surface area contributed by atoms with Gasteiger partial charge < -0.3 is 10.3 Å². The third kappa shape index (κ3) is 3.14. The lowest BCUT2D eigenvalue weighted by Crippen LogP contribution is -2.26. The highest BCUT2D eigenvalue weighted by Gasteiger charge is 2.06. The molecule has 0 radical (unpaired) electrons. The van der Waals surface area contributed by atoms with Crippen LogP contribution in [0.4, 0.5) is 0 Å². The van der Waals surface area contributed by atoms with E-state index in [2.05, 4.69) is 20.3 Å². The Balaban J connectivity index is 1.85. The highest BCUT2D eigenvalue weighted by atomic mass is 16.1. The van der Waals surface area contributed by atoms with Crippen LogP contribution < -0.4 is 5.32 Å². The van der Waals surface area contributed by atoms with Crippen LogP contribution in [0.15, 0.2) is 30.6 Å². The Morgan fingerprint density at radius 3 is 3.06 bits per heavy atom. The smallest absolute Gasteiger partial charge is 0.269 e. The Labute approximate surface area is 99.3 Å². The molecule has 1 amide bonds. The van der Waals surface area contributed by atoms with Crippen molar-refractivity contribution in [2.75, 3.05) is 6.54 Å². The fraction of sp³-hybridized carbons (Fsp3) is 0.250. The van der Waals surface area contributed by atoms with Crippen molar-refractivity contribution in [3.63, 3.8) is 0 Å². The van der Waals surface area contributed by atoms with Gasteiger partial charge in [0.25, 0.3) is 5.91 Å². The largest absolute Gasteiger partial charge is 0.350 e. The van der Waals surface area contributed by atoms with E-state index in [9.17, 15) is 4.79 Å². The number of aryl methyl sites for hydroxylation is 1. The zero-order valence-corrected chi connectivity index (χ0v) is 9.60. The molecule has 5 heteroatoms. The lowest BCUT2D eigenvalue weighted by atomic mass is 10.3. The fourth-order valence-electron chi connectivity index (χ4n) is 1.49. The van der Waals surface area contributed by atoms with Crippen molar-refractivity contribution in [1.29, 1.82) is 0 Å². The van der Waals surface area contributed by atoms with Crippen LogP contribution in [0, 0.1) is 6.92 Å². The van der Waals surface area contributed by atoms with Gasteiger partial charge in [0.05, 0.1) is 0 Å². The number of nitrogens with one attached hydrogen (secondary N) is 2. The van der Waals surface area contributed by atoms with Crippen molar-refractivity contribution < 1.29 is 4.79 Å². The van der Waals surface area contributed by atoms with Crippen molar-refractivity contribution in [1.82, 2.24) is 20.3 Å². The molecule has 2 heterocycles. The number of pyridine rings is 1. The van der Waals surface area contributed by atoms with E-state index in [1.54, 1.807) is 18.5 Å². The number of imidazole rings is 1. The quantitative estimate of drug-likeness (QED) is 0.825. The summed E-state index contributed by atoms with van der Waals surface area (Å²) in [5.41, 5.74) is 1.29. The summed E-state index contributed by atoms with van der Waals surface area (Å²) in [7, 11) is 0. The van der Waals surface area contributed by atoms with Gasteiger partial charge in [0.2, 0.25) is 0 Å². The molecule has 0 unspecified atom stereocenters. The molecule has 0 aliphatic carbocycles. The molecule has 2 aromatic rings. The summed E-state index contributed by atoms with van der Waals surface area (Å²) in [4.78, 5) is 22.9. The highest BCUT2D eigenvalue weighted by molar-refractivity contribution is 5.92. The summed E-state index contributed by atoms with van der Waals surface area (Å²) in [5.74, 6) is 0.711. The van der Waals surface area contributed by atoms with Gasteiger partial charge in [0.15, 0.2) is 0 Å². The minimum atomic E-state index is -0.153. The highest BCUT2D eigenvalue weighted by Crippen LogP contribution is 1.98. The number of carbonyl (C=O) groups is 1. The molecular weight excluding hydrogens is 216 g/mol.